The highest BCUT2D eigenvalue weighted by Gasteiger charge is 2.18. The molecule has 0 atom stereocenters. The van der Waals surface area contributed by atoms with Crippen LogP contribution in [0.3, 0.4) is 0 Å². The van der Waals surface area contributed by atoms with E-state index in [1.54, 1.807) is 80.5 Å². The van der Waals surface area contributed by atoms with E-state index in [0.29, 0.717) is 11.1 Å². The van der Waals surface area contributed by atoms with E-state index in [1.807, 2.05) is 6.07 Å². The molecule has 0 spiro atoms. The Labute approximate surface area is 170 Å². The van der Waals surface area contributed by atoms with Crippen LogP contribution in [0.25, 0.3) is 5.76 Å². The lowest BCUT2D eigenvalue weighted by atomic mass is 10.00. The van der Waals surface area contributed by atoms with E-state index in [0.717, 1.165) is 0 Å². The zero-order chi connectivity index (χ0) is 21.2. The molecule has 0 bridgehead atoms. The highest BCUT2D eigenvalue weighted by molar-refractivity contribution is 6.25. The second kappa shape index (κ2) is 10.6. The number of aliphatic hydroxyl groups excluding tert-OH is 1. The first-order valence-corrected chi connectivity index (χ1v) is 9.11. The molecule has 0 saturated carbocycles. The van der Waals surface area contributed by atoms with Gasteiger partial charge in [0.05, 0.1) is 12.2 Å². The normalized spacial score (nSPS) is 12.4. The molecule has 0 aliphatic rings. The van der Waals surface area contributed by atoms with Gasteiger partial charge >= 0.3 is 5.97 Å². The number of rotatable bonds is 8. The Morgan fingerprint density at radius 1 is 1.00 bits per heavy atom. The fourth-order valence-electron chi connectivity index (χ4n) is 2.45. The molecule has 2 aromatic rings. The van der Waals surface area contributed by atoms with Crippen LogP contribution in [0.4, 0.5) is 0 Å². The molecular formula is C23H24N2O4. The molecule has 6 heteroatoms. The fourth-order valence-corrected chi connectivity index (χ4v) is 2.45. The van der Waals surface area contributed by atoms with Gasteiger partial charge in [-0.2, -0.15) is 0 Å². The fraction of sp³-hybridized carbons (Fsp3) is 0.174. The van der Waals surface area contributed by atoms with Gasteiger partial charge in [0.15, 0.2) is 11.5 Å². The maximum absolute atomic E-state index is 13.0. The summed E-state index contributed by atoms with van der Waals surface area (Å²) in [6, 6.07) is 17.2. The van der Waals surface area contributed by atoms with E-state index in [4.69, 9.17) is 4.74 Å². The predicted octanol–water partition coefficient (Wildman–Crippen LogP) is 3.88. The summed E-state index contributed by atoms with van der Waals surface area (Å²) in [5.74, 6) is -1.26. The van der Waals surface area contributed by atoms with Gasteiger partial charge in [0, 0.05) is 37.6 Å². The first kappa shape index (κ1) is 21.6. The number of ketones is 1. The molecule has 0 saturated heterocycles. The van der Waals surface area contributed by atoms with Crippen LogP contribution in [-0.2, 0) is 9.53 Å². The highest BCUT2D eigenvalue weighted by Crippen LogP contribution is 2.19. The maximum Gasteiger partial charge on any atom is 0.358 e. The number of aliphatic hydroxyl groups is 1. The minimum atomic E-state index is -0.622. The largest absolute Gasteiger partial charge is 0.506 e. The number of nitrogens with zero attached hydrogens (tertiary/aromatic N) is 2. The van der Waals surface area contributed by atoms with E-state index >= 15 is 0 Å². The van der Waals surface area contributed by atoms with Crippen molar-refractivity contribution in [2.24, 2.45) is 4.99 Å². The Morgan fingerprint density at radius 3 is 2.07 bits per heavy atom. The van der Waals surface area contributed by atoms with Gasteiger partial charge in [0.2, 0.25) is 0 Å². The average molecular weight is 392 g/mol. The van der Waals surface area contributed by atoms with Gasteiger partial charge in [0.1, 0.15) is 5.76 Å². The van der Waals surface area contributed by atoms with Crippen molar-refractivity contribution in [3.05, 3.63) is 89.3 Å². The van der Waals surface area contributed by atoms with Gasteiger partial charge in [-0.3, -0.25) is 4.79 Å². The maximum atomic E-state index is 13.0. The summed E-state index contributed by atoms with van der Waals surface area (Å²) in [7, 11) is 3.48. The molecular weight excluding hydrogens is 368 g/mol. The van der Waals surface area contributed by atoms with Crippen LogP contribution < -0.4 is 0 Å². The molecule has 150 valence electrons. The van der Waals surface area contributed by atoms with Crippen molar-refractivity contribution in [2.75, 3.05) is 20.7 Å². The van der Waals surface area contributed by atoms with E-state index in [-0.39, 0.29) is 23.6 Å². The van der Waals surface area contributed by atoms with E-state index in [1.165, 1.54) is 12.4 Å². The molecule has 1 N–H and O–H groups in total. The van der Waals surface area contributed by atoms with Crippen LogP contribution in [0.1, 0.15) is 22.8 Å². The highest BCUT2D eigenvalue weighted by atomic mass is 16.5. The number of hydrogen-bond acceptors (Lipinski definition) is 6. The summed E-state index contributed by atoms with van der Waals surface area (Å²) < 4.78 is 5.02. The zero-order valence-electron chi connectivity index (χ0n) is 16.7. The van der Waals surface area contributed by atoms with Crippen molar-refractivity contribution in [1.29, 1.82) is 0 Å². The van der Waals surface area contributed by atoms with Crippen molar-refractivity contribution in [3.63, 3.8) is 0 Å². The van der Waals surface area contributed by atoms with Crippen molar-refractivity contribution in [3.8, 4) is 0 Å². The number of ether oxygens (including phenoxy) is 1. The molecule has 29 heavy (non-hydrogen) atoms. The van der Waals surface area contributed by atoms with Crippen LogP contribution in [0.15, 0.2) is 83.1 Å². The van der Waals surface area contributed by atoms with Crippen LogP contribution in [0.2, 0.25) is 0 Å². The second-order valence-corrected chi connectivity index (χ2v) is 6.28. The lowest BCUT2D eigenvalue weighted by molar-refractivity contribution is -0.138. The molecule has 0 aliphatic carbocycles. The van der Waals surface area contributed by atoms with Gasteiger partial charge in [-0.25, -0.2) is 9.79 Å². The smallest absolute Gasteiger partial charge is 0.358 e. The third-order valence-electron chi connectivity index (χ3n) is 3.78. The SMILES string of the molecule is CCOC(=O)C(=CN(C)C)N=C/C(C(=O)c1ccccc1)=C(/O)c1ccccc1. The number of allylic oxidation sites excluding steroid dienone is 1. The quantitative estimate of drug-likeness (QED) is 0.242. The Hall–Kier alpha value is -3.67. The van der Waals surface area contributed by atoms with E-state index in [9.17, 15) is 14.7 Å². The van der Waals surface area contributed by atoms with Crippen LogP contribution in [-0.4, -0.2) is 48.7 Å². The standard InChI is InChI=1S/C23H24N2O4/c1-4-29-23(28)20(16-25(2)3)24-15-19(21(26)17-11-7-5-8-12-17)22(27)18-13-9-6-10-14-18/h5-16,26H,4H2,1-3H3/b20-16?,21-19-,24-15?. The minimum Gasteiger partial charge on any atom is -0.506 e. The molecule has 6 nitrogen and oxygen atoms in total. The molecule has 2 rings (SSSR count). The molecule has 2 aromatic carbocycles. The Bertz CT molecular complexity index is 930. The third kappa shape index (κ3) is 6.17. The number of hydrogen-bond donors (Lipinski definition) is 1. The van der Waals surface area contributed by atoms with Gasteiger partial charge in [-0.05, 0) is 6.92 Å². The molecule has 0 aromatic heterocycles. The first-order valence-electron chi connectivity index (χ1n) is 9.11. The number of benzene rings is 2. The number of carbonyl (C=O) groups is 2. The van der Waals surface area contributed by atoms with Crippen molar-refractivity contribution in [2.45, 2.75) is 6.92 Å². The van der Waals surface area contributed by atoms with Crippen molar-refractivity contribution >= 4 is 23.7 Å². The van der Waals surface area contributed by atoms with Crippen LogP contribution in [0.5, 0.6) is 0 Å². The number of Topliss-reactive ketones (excluding diaryl/α,β-unsaturated/α-hetero) is 1. The monoisotopic (exact) mass is 392 g/mol. The summed E-state index contributed by atoms with van der Waals surface area (Å²) >= 11 is 0. The van der Waals surface area contributed by atoms with Crippen molar-refractivity contribution < 1.29 is 19.4 Å². The summed E-state index contributed by atoms with van der Waals surface area (Å²) in [4.78, 5) is 31.0. The average Bonchev–Trinajstić information content (AvgIpc) is 2.73. The predicted molar refractivity (Wildman–Crippen MR) is 114 cm³/mol. The Balaban J connectivity index is 2.54. The lowest BCUT2D eigenvalue weighted by Crippen LogP contribution is -2.13. The number of aliphatic imine (C=N–C) groups is 1. The summed E-state index contributed by atoms with van der Waals surface area (Å²) in [5.41, 5.74) is 0.839. The lowest BCUT2D eigenvalue weighted by Gasteiger charge is -2.09. The molecule has 0 radical (unpaired) electrons. The van der Waals surface area contributed by atoms with Gasteiger partial charge in [-0.15, -0.1) is 0 Å². The van der Waals surface area contributed by atoms with Gasteiger partial charge in [-0.1, -0.05) is 60.7 Å². The summed E-state index contributed by atoms with van der Waals surface area (Å²) in [5, 5.41) is 10.8. The Kier molecular flexibility index (Phi) is 7.91. The third-order valence-corrected chi connectivity index (χ3v) is 3.78. The topological polar surface area (TPSA) is 79.2 Å². The second-order valence-electron chi connectivity index (χ2n) is 6.28. The molecule has 0 unspecified atom stereocenters. The Morgan fingerprint density at radius 2 is 1.55 bits per heavy atom. The zero-order valence-corrected chi connectivity index (χ0v) is 16.7. The molecule has 0 amide bonds. The van der Waals surface area contributed by atoms with Crippen molar-refractivity contribution in [1.82, 2.24) is 4.90 Å². The number of carbonyl (C=O) groups excluding carboxylic acids is 2. The van der Waals surface area contributed by atoms with Crippen LogP contribution in [0, 0.1) is 0 Å². The molecule has 0 aliphatic heterocycles. The first-order chi connectivity index (χ1) is 13.9. The molecule has 0 fully saturated rings. The van der Waals surface area contributed by atoms with E-state index in [2.05, 4.69) is 4.99 Å². The molecule has 0 heterocycles. The van der Waals surface area contributed by atoms with Crippen LogP contribution >= 0.6 is 0 Å². The van der Waals surface area contributed by atoms with E-state index < -0.39 is 11.8 Å². The summed E-state index contributed by atoms with van der Waals surface area (Å²) in [6.45, 7) is 1.89. The van der Waals surface area contributed by atoms with Gasteiger partial charge in [0.25, 0.3) is 0 Å². The minimum absolute atomic E-state index is 0.0103. The number of esters is 1. The summed E-state index contributed by atoms with van der Waals surface area (Å²) in [6.07, 6.45) is 2.68. The van der Waals surface area contributed by atoms with Gasteiger partial charge < -0.3 is 14.7 Å².